The Morgan fingerprint density at radius 2 is 1.83 bits per heavy atom. The summed E-state index contributed by atoms with van der Waals surface area (Å²) in [4.78, 5) is 22.7. The number of hydrogen-bond acceptors (Lipinski definition) is 3. The van der Waals surface area contributed by atoms with E-state index in [9.17, 15) is 9.59 Å². The predicted molar refractivity (Wildman–Crippen MR) is 91.6 cm³/mol. The Labute approximate surface area is 139 Å². The van der Waals surface area contributed by atoms with Crippen LogP contribution >= 0.6 is 11.6 Å². The molecule has 0 unspecified atom stereocenters. The van der Waals surface area contributed by atoms with Crippen molar-refractivity contribution in [3.8, 4) is 5.75 Å². The van der Waals surface area contributed by atoms with Crippen LogP contribution in [0.25, 0.3) is 6.08 Å². The van der Waals surface area contributed by atoms with Crippen LogP contribution in [0.1, 0.15) is 18.1 Å². The summed E-state index contributed by atoms with van der Waals surface area (Å²) in [5.41, 5.74) is 2.44. The second kappa shape index (κ2) is 7.61. The molecule has 0 aromatic heterocycles. The number of anilines is 1. The third-order valence-corrected chi connectivity index (χ3v) is 3.41. The van der Waals surface area contributed by atoms with Gasteiger partial charge in [0.15, 0.2) is 0 Å². The first-order valence-electron chi connectivity index (χ1n) is 6.98. The number of ether oxygens (including phenoxy) is 1. The number of halogens is 1. The molecule has 0 aliphatic carbocycles. The molecule has 5 heteroatoms. The second-order valence-electron chi connectivity index (χ2n) is 4.97. The maximum Gasteiger partial charge on any atom is 0.336 e. The highest BCUT2D eigenvalue weighted by Crippen LogP contribution is 2.18. The molecule has 2 aromatic carbocycles. The van der Waals surface area contributed by atoms with Crippen LogP contribution in [-0.4, -0.2) is 11.9 Å². The summed E-state index contributed by atoms with van der Waals surface area (Å²) in [5.74, 6) is -0.251. The summed E-state index contributed by atoms with van der Waals surface area (Å²) in [5, 5.41) is 3.28. The van der Waals surface area contributed by atoms with Crippen molar-refractivity contribution in [1.29, 1.82) is 0 Å². The Kier molecular flexibility index (Phi) is 5.55. The fourth-order valence-corrected chi connectivity index (χ4v) is 2.03. The first kappa shape index (κ1) is 16.8. The first-order chi connectivity index (χ1) is 10.9. The summed E-state index contributed by atoms with van der Waals surface area (Å²) in [6, 6.07) is 12.1. The molecule has 1 amide bonds. The zero-order valence-electron chi connectivity index (χ0n) is 12.8. The lowest BCUT2D eigenvalue weighted by Crippen LogP contribution is -2.06. The van der Waals surface area contributed by atoms with Crippen molar-refractivity contribution in [2.45, 2.75) is 13.8 Å². The van der Waals surface area contributed by atoms with Gasteiger partial charge in [-0.05, 0) is 54.5 Å². The maximum absolute atomic E-state index is 11.8. The molecule has 2 aromatic rings. The maximum atomic E-state index is 11.8. The van der Waals surface area contributed by atoms with E-state index in [0.717, 1.165) is 11.1 Å². The van der Waals surface area contributed by atoms with Gasteiger partial charge in [-0.25, -0.2) is 4.79 Å². The van der Waals surface area contributed by atoms with Crippen LogP contribution in [0.3, 0.4) is 0 Å². The predicted octanol–water partition coefficient (Wildman–Crippen LogP) is 4.23. The Hall–Kier alpha value is -2.59. The molecule has 4 nitrogen and oxygen atoms in total. The zero-order valence-corrected chi connectivity index (χ0v) is 13.6. The molecule has 23 heavy (non-hydrogen) atoms. The molecular weight excluding hydrogens is 314 g/mol. The molecule has 0 atom stereocenters. The third kappa shape index (κ3) is 5.27. The highest BCUT2D eigenvalue weighted by atomic mass is 35.5. The minimum atomic E-state index is -0.492. The lowest BCUT2D eigenvalue weighted by Gasteiger charge is -2.04. The topological polar surface area (TPSA) is 55.4 Å². The average Bonchev–Trinajstić information content (AvgIpc) is 2.50. The van der Waals surface area contributed by atoms with Gasteiger partial charge in [-0.1, -0.05) is 23.7 Å². The Balaban J connectivity index is 1.97. The molecular formula is C18H16ClNO3. The van der Waals surface area contributed by atoms with E-state index in [-0.39, 0.29) is 5.91 Å². The number of carbonyl (C=O) groups is 2. The van der Waals surface area contributed by atoms with Gasteiger partial charge >= 0.3 is 5.97 Å². The number of carbonyl (C=O) groups excluding carboxylic acids is 2. The molecule has 0 saturated heterocycles. The average molecular weight is 330 g/mol. The van der Waals surface area contributed by atoms with E-state index in [0.29, 0.717) is 16.5 Å². The van der Waals surface area contributed by atoms with Gasteiger partial charge in [-0.2, -0.15) is 0 Å². The summed E-state index contributed by atoms with van der Waals surface area (Å²) in [6.07, 6.45) is 2.97. The largest absolute Gasteiger partial charge is 0.423 e. The smallest absolute Gasteiger partial charge is 0.336 e. The fourth-order valence-electron chi connectivity index (χ4n) is 1.84. The van der Waals surface area contributed by atoms with Crippen LogP contribution in [0.5, 0.6) is 5.75 Å². The van der Waals surface area contributed by atoms with Crippen molar-refractivity contribution >= 4 is 35.2 Å². The Morgan fingerprint density at radius 3 is 2.43 bits per heavy atom. The van der Waals surface area contributed by atoms with Crippen LogP contribution in [-0.2, 0) is 9.59 Å². The van der Waals surface area contributed by atoms with E-state index in [1.54, 1.807) is 36.4 Å². The number of amides is 1. The molecule has 0 radical (unpaired) electrons. The zero-order chi connectivity index (χ0) is 16.8. The molecule has 0 fully saturated rings. The van der Waals surface area contributed by atoms with Gasteiger partial charge in [-0.15, -0.1) is 0 Å². The Morgan fingerprint density at radius 1 is 1.13 bits per heavy atom. The highest BCUT2D eigenvalue weighted by Gasteiger charge is 2.02. The molecule has 2 rings (SSSR count). The van der Waals surface area contributed by atoms with Crippen LogP contribution in [0.4, 0.5) is 5.69 Å². The highest BCUT2D eigenvalue weighted by molar-refractivity contribution is 6.31. The molecule has 118 valence electrons. The third-order valence-electron chi connectivity index (χ3n) is 3.00. The molecule has 0 aliphatic heterocycles. The van der Waals surface area contributed by atoms with Crippen LogP contribution in [0, 0.1) is 6.92 Å². The minimum Gasteiger partial charge on any atom is -0.423 e. The minimum absolute atomic E-state index is 0.158. The van der Waals surface area contributed by atoms with E-state index in [1.807, 2.05) is 19.1 Å². The molecule has 0 aliphatic rings. The standard InChI is InChI=1S/C18H16ClNO3/c1-12-3-4-14(11-17(12)19)5-10-18(22)23-16-8-6-15(7-9-16)20-13(2)21/h3-11H,1-2H3,(H,20,21)/b10-5+. The van der Waals surface area contributed by atoms with Gasteiger partial charge in [0, 0.05) is 23.7 Å². The number of rotatable bonds is 4. The second-order valence-corrected chi connectivity index (χ2v) is 5.38. The Bertz CT molecular complexity index is 751. The summed E-state index contributed by atoms with van der Waals surface area (Å²) in [7, 11) is 0. The van der Waals surface area contributed by atoms with E-state index in [1.165, 1.54) is 13.0 Å². The van der Waals surface area contributed by atoms with E-state index >= 15 is 0 Å². The van der Waals surface area contributed by atoms with Crippen molar-refractivity contribution in [3.63, 3.8) is 0 Å². The van der Waals surface area contributed by atoms with Crippen LogP contribution in [0.2, 0.25) is 5.02 Å². The normalized spacial score (nSPS) is 10.6. The molecule has 0 spiro atoms. The van der Waals surface area contributed by atoms with Crippen molar-refractivity contribution in [2.24, 2.45) is 0 Å². The number of benzene rings is 2. The number of hydrogen-bond donors (Lipinski definition) is 1. The summed E-state index contributed by atoms with van der Waals surface area (Å²) in [6.45, 7) is 3.34. The monoisotopic (exact) mass is 329 g/mol. The lowest BCUT2D eigenvalue weighted by atomic mass is 10.1. The first-order valence-corrected chi connectivity index (χ1v) is 7.35. The lowest BCUT2D eigenvalue weighted by molar-refractivity contribution is -0.128. The fraction of sp³-hybridized carbons (Fsp3) is 0.111. The van der Waals surface area contributed by atoms with Crippen LogP contribution < -0.4 is 10.1 Å². The summed E-state index contributed by atoms with van der Waals surface area (Å²) < 4.78 is 5.18. The van der Waals surface area contributed by atoms with E-state index in [2.05, 4.69) is 5.32 Å². The van der Waals surface area contributed by atoms with Crippen molar-refractivity contribution in [3.05, 3.63) is 64.7 Å². The van der Waals surface area contributed by atoms with Crippen molar-refractivity contribution < 1.29 is 14.3 Å². The van der Waals surface area contributed by atoms with E-state index in [4.69, 9.17) is 16.3 Å². The van der Waals surface area contributed by atoms with Gasteiger partial charge in [0.05, 0.1) is 0 Å². The number of esters is 1. The van der Waals surface area contributed by atoms with Gasteiger partial charge in [-0.3, -0.25) is 4.79 Å². The van der Waals surface area contributed by atoms with E-state index < -0.39 is 5.97 Å². The molecule has 0 heterocycles. The van der Waals surface area contributed by atoms with Gasteiger partial charge < -0.3 is 10.1 Å². The summed E-state index contributed by atoms with van der Waals surface area (Å²) >= 11 is 6.03. The molecule has 1 N–H and O–H groups in total. The van der Waals surface area contributed by atoms with Gasteiger partial charge in [0.2, 0.25) is 5.91 Å². The SMILES string of the molecule is CC(=O)Nc1ccc(OC(=O)/C=C/c2ccc(C)c(Cl)c2)cc1. The quantitative estimate of drug-likeness (QED) is 0.519. The molecule has 0 bridgehead atoms. The van der Waals surface area contributed by atoms with Gasteiger partial charge in [0.1, 0.15) is 5.75 Å². The van der Waals surface area contributed by atoms with Crippen LogP contribution in [0.15, 0.2) is 48.5 Å². The molecule has 0 saturated carbocycles. The van der Waals surface area contributed by atoms with Gasteiger partial charge in [0.25, 0.3) is 0 Å². The van der Waals surface area contributed by atoms with Crippen molar-refractivity contribution in [1.82, 2.24) is 0 Å². The number of nitrogens with one attached hydrogen (secondary N) is 1. The number of aryl methyl sites for hydroxylation is 1. The van der Waals surface area contributed by atoms with Crippen molar-refractivity contribution in [2.75, 3.05) is 5.32 Å².